The maximum atomic E-state index is 12.7. The molecule has 0 saturated carbocycles. The number of halogens is 3. The lowest BCUT2D eigenvalue weighted by Crippen LogP contribution is -2.30. The van der Waals surface area contributed by atoms with E-state index in [-0.39, 0.29) is 0 Å². The summed E-state index contributed by atoms with van der Waals surface area (Å²) >= 11 is 0. The van der Waals surface area contributed by atoms with E-state index in [1.807, 2.05) is 0 Å². The maximum Gasteiger partial charge on any atom is 0.417 e. The molecular formula is C11H11F3O4S. The van der Waals surface area contributed by atoms with Crippen LogP contribution in [0.15, 0.2) is 29.2 Å². The van der Waals surface area contributed by atoms with Crippen molar-refractivity contribution in [3.8, 4) is 0 Å². The van der Waals surface area contributed by atoms with Gasteiger partial charge in [-0.2, -0.15) is 13.2 Å². The van der Waals surface area contributed by atoms with Crippen LogP contribution in [0.2, 0.25) is 0 Å². The molecule has 0 heterocycles. The van der Waals surface area contributed by atoms with Crippen LogP contribution in [-0.2, 0) is 25.5 Å². The molecule has 0 saturated heterocycles. The zero-order chi connectivity index (χ0) is 14.8. The molecule has 1 rings (SSSR count). The highest BCUT2D eigenvalue weighted by Gasteiger charge is 2.40. The van der Waals surface area contributed by atoms with Crippen molar-refractivity contribution in [3.63, 3.8) is 0 Å². The van der Waals surface area contributed by atoms with E-state index in [2.05, 4.69) is 4.74 Å². The number of benzene rings is 1. The Labute approximate surface area is 108 Å². The van der Waals surface area contributed by atoms with E-state index >= 15 is 0 Å². The highest BCUT2D eigenvalue weighted by Crippen LogP contribution is 2.35. The summed E-state index contributed by atoms with van der Waals surface area (Å²) in [5, 5.41) is -1.71. The third-order valence-electron chi connectivity index (χ3n) is 2.50. The molecule has 0 aromatic heterocycles. The molecule has 8 heteroatoms. The Morgan fingerprint density at radius 3 is 2.26 bits per heavy atom. The number of sulfone groups is 1. The van der Waals surface area contributed by atoms with Crippen LogP contribution in [-0.4, -0.2) is 26.7 Å². The molecule has 1 aromatic carbocycles. The van der Waals surface area contributed by atoms with Gasteiger partial charge < -0.3 is 4.74 Å². The normalized spacial score (nSPS) is 13.9. The molecule has 1 aromatic rings. The highest BCUT2D eigenvalue weighted by molar-refractivity contribution is 7.92. The van der Waals surface area contributed by atoms with Crippen LogP contribution in [0, 0.1) is 0 Å². The molecule has 0 aliphatic carbocycles. The van der Waals surface area contributed by atoms with E-state index in [0.717, 1.165) is 32.2 Å². The van der Waals surface area contributed by atoms with Gasteiger partial charge in [-0.05, 0) is 19.1 Å². The van der Waals surface area contributed by atoms with Crippen molar-refractivity contribution < 1.29 is 31.1 Å². The van der Waals surface area contributed by atoms with Gasteiger partial charge in [0, 0.05) is 0 Å². The quantitative estimate of drug-likeness (QED) is 0.801. The first-order valence-electron chi connectivity index (χ1n) is 5.10. The standard InChI is InChI=1S/C11H11F3O4S/c1-7(10(15)18-2)19(16,17)9-6-4-3-5-8(9)11(12,13)14/h3-7H,1-2H3. The molecule has 0 fully saturated rings. The summed E-state index contributed by atoms with van der Waals surface area (Å²) in [6.07, 6.45) is -4.82. The average Bonchev–Trinajstić information content (AvgIpc) is 2.35. The smallest absolute Gasteiger partial charge is 0.417 e. The van der Waals surface area contributed by atoms with Crippen LogP contribution in [0.3, 0.4) is 0 Å². The molecule has 106 valence electrons. The van der Waals surface area contributed by atoms with Crippen LogP contribution in [0.5, 0.6) is 0 Å². The molecule has 0 bridgehead atoms. The lowest BCUT2D eigenvalue weighted by atomic mass is 10.2. The fourth-order valence-electron chi connectivity index (χ4n) is 1.43. The van der Waals surface area contributed by atoms with Gasteiger partial charge in [0.15, 0.2) is 15.1 Å². The number of methoxy groups -OCH3 is 1. The fraction of sp³-hybridized carbons (Fsp3) is 0.364. The van der Waals surface area contributed by atoms with Crippen LogP contribution in [0.1, 0.15) is 12.5 Å². The summed E-state index contributed by atoms with van der Waals surface area (Å²) in [6, 6.07) is 3.70. The van der Waals surface area contributed by atoms with Gasteiger partial charge in [-0.25, -0.2) is 8.42 Å². The molecule has 4 nitrogen and oxygen atoms in total. The lowest BCUT2D eigenvalue weighted by molar-refractivity contribution is -0.141. The predicted octanol–water partition coefficient (Wildman–Crippen LogP) is 2.04. The van der Waals surface area contributed by atoms with Crippen LogP contribution < -0.4 is 0 Å². The number of hydrogen-bond acceptors (Lipinski definition) is 4. The van der Waals surface area contributed by atoms with Crippen molar-refractivity contribution in [3.05, 3.63) is 29.8 Å². The average molecular weight is 296 g/mol. The number of carbonyl (C=O) groups is 1. The van der Waals surface area contributed by atoms with Gasteiger partial charge in [0.25, 0.3) is 0 Å². The second-order valence-corrected chi connectivity index (χ2v) is 5.94. The topological polar surface area (TPSA) is 60.4 Å². The Balaban J connectivity index is 3.43. The Bertz CT molecular complexity index is 578. The second-order valence-electron chi connectivity index (χ2n) is 3.70. The van der Waals surface area contributed by atoms with Gasteiger partial charge in [-0.1, -0.05) is 12.1 Å². The number of hydrogen-bond donors (Lipinski definition) is 0. The Morgan fingerprint density at radius 2 is 1.79 bits per heavy atom. The van der Waals surface area contributed by atoms with Gasteiger partial charge in [0.05, 0.1) is 17.6 Å². The minimum absolute atomic E-state index is 0.650. The molecular weight excluding hydrogens is 285 g/mol. The van der Waals surface area contributed by atoms with Crippen molar-refractivity contribution >= 4 is 15.8 Å². The van der Waals surface area contributed by atoms with Gasteiger partial charge in [0.2, 0.25) is 0 Å². The zero-order valence-electron chi connectivity index (χ0n) is 10.1. The minimum atomic E-state index is -4.82. The summed E-state index contributed by atoms with van der Waals surface area (Å²) in [5.41, 5.74) is -1.30. The first-order chi connectivity index (χ1) is 8.62. The van der Waals surface area contributed by atoms with E-state index in [1.54, 1.807) is 0 Å². The summed E-state index contributed by atoms with van der Waals surface area (Å²) in [6.45, 7) is 0.980. The number of carbonyl (C=O) groups excluding carboxylic acids is 1. The molecule has 0 N–H and O–H groups in total. The summed E-state index contributed by atoms with van der Waals surface area (Å²) in [7, 11) is -3.50. The van der Waals surface area contributed by atoms with E-state index < -0.39 is 37.7 Å². The molecule has 19 heavy (non-hydrogen) atoms. The summed E-state index contributed by atoms with van der Waals surface area (Å²) in [5.74, 6) is -1.11. The maximum absolute atomic E-state index is 12.7. The molecule has 0 aliphatic heterocycles. The molecule has 0 spiro atoms. The number of esters is 1. The van der Waals surface area contributed by atoms with Crippen molar-refractivity contribution in [2.75, 3.05) is 7.11 Å². The largest absolute Gasteiger partial charge is 0.468 e. The zero-order valence-corrected chi connectivity index (χ0v) is 10.9. The van der Waals surface area contributed by atoms with Crippen LogP contribution >= 0.6 is 0 Å². The third-order valence-corrected chi connectivity index (χ3v) is 4.59. The Hall–Kier alpha value is -1.57. The van der Waals surface area contributed by atoms with Gasteiger partial charge >= 0.3 is 12.1 Å². The Morgan fingerprint density at radius 1 is 1.26 bits per heavy atom. The second kappa shape index (κ2) is 5.20. The van der Waals surface area contributed by atoms with Crippen molar-refractivity contribution in [1.82, 2.24) is 0 Å². The van der Waals surface area contributed by atoms with Crippen LogP contribution in [0.25, 0.3) is 0 Å². The van der Waals surface area contributed by atoms with Crippen molar-refractivity contribution in [1.29, 1.82) is 0 Å². The van der Waals surface area contributed by atoms with E-state index in [0.29, 0.717) is 6.07 Å². The monoisotopic (exact) mass is 296 g/mol. The number of ether oxygens (including phenoxy) is 1. The predicted molar refractivity (Wildman–Crippen MR) is 60.1 cm³/mol. The van der Waals surface area contributed by atoms with E-state index in [9.17, 15) is 26.4 Å². The minimum Gasteiger partial charge on any atom is -0.468 e. The Kier molecular flexibility index (Phi) is 4.24. The molecule has 0 aliphatic rings. The van der Waals surface area contributed by atoms with E-state index in [4.69, 9.17) is 0 Å². The van der Waals surface area contributed by atoms with Crippen molar-refractivity contribution in [2.24, 2.45) is 0 Å². The molecule has 1 unspecified atom stereocenters. The molecule has 0 radical (unpaired) electrons. The van der Waals surface area contributed by atoms with Gasteiger partial charge in [-0.15, -0.1) is 0 Å². The third kappa shape index (κ3) is 3.06. The fourth-order valence-corrected chi connectivity index (χ4v) is 2.92. The van der Waals surface area contributed by atoms with Crippen LogP contribution in [0.4, 0.5) is 13.2 Å². The van der Waals surface area contributed by atoms with Gasteiger partial charge in [-0.3, -0.25) is 4.79 Å². The van der Waals surface area contributed by atoms with E-state index in [1.165, 1.54) is 0 Å². The molecule has 0 amide bonds. The summed E-state index contributed by atoms with van der Waals surface area (Å²) in [4.78, 5) is 10.3. The first-order valence-corrected chi connectivity index (χ1v) is 6.65. The SMILES string of the molecule is COC(=O)C(C)S(=O)(=O)c1ccccc1C(F)(F)F. The number of alkyl halides is 3. The molecule has 1 atom stereocenters. The lowest BCUT2D eigenvalue weighted by Gasteiger charge is -2.15. The van der Waals surface area contributed by atoms with Crippen molar-refractivity contribution in [2.45, 2.75) is 23.2 Å². The van der Waals surface area contributed by atoms with Gasteiger partial charge in [0.1, 0.15) is 0 Å². The highest BCUT2D eigenvalue weighted by atomic mass is 32.2. The first kappa shape index (κ1) is 15.5. The number of rotatable bonds is 3. The summed E-state index contributed by atoms with van der Waals surface area (Å²) < 4.78 is 66.5.